The topological polar surface area (TPSA) is 9.23 Å². The lowest BCUT2D eigenvalue weighted by atomic mass is 9.84. The SMILES string of the molecule is CC1CCCc2ccccc21.CC1CCOc2ccccc21.CC1CCSc2ccc(F)cc21.CC1CCc2ccccc21. The Bertz CT molecular complexity index is 1440. The van der Waals surface area contributed by atoms with Gasteiger partial charge in [-0.3, -0.25) is 0 Å². The molecule has 0 fully saturated rings. The van der Waals surface area contributed by atoms with Crippen LogP contribution in [-0.2, 0) is 12.8 Å². The first-order valence-electron chi connectivity index (χ1n) is 16.7. The van der Waals surface area contributed by atoms with Crippen LogP contribution in [0.15, 0.2) is 95.9 Å². The number of hydrogen-bond donors (Lipinski definition) is 0. The van der Waals surface area contributed by atoms with Crippen LogP contribution in [0.5, 0.6) is 5.75 Å². The number of halogens is 1. The minimum atomic E-state index is -0.108. The highest BCUT2D eigenvalue weighted by atomic mass is 32.2. The standard InChI is InChI=1S/C11H14.C10H11FS.C10H12O.C10H12/c1-9-5-4-7-10-6-2-3-8-11(9)10;1-7-4-5-12-10-3-2-8(11)6-9(7)10;1-8-6-7-11-10-5-3-2-4-9(8)10;1-8-6-7-9-4-2-3-5-10(8)9/h2-3,6,8-9H,4-5,7H2,1H3;2-3,6-7H,4-5H2,1H3;2-5,8H,6-7H2,1H3;2-5,8H,6-7H2,1H3. The first-order valence-corrected chi connectivity index (χ1v) is 17.7. The Balaban J connectivity index is 0.000000117. The van der Waals surface area contributed by atoms with Gasteiger partial charge in [0.15, 0.2) is 0 Å². The van der Waals surface area contributed by atoms with Gasteiger partial charge in [-0.15, -0.1) is 11.8 Å². The van der Waals surface area contributed by atoms with Gasteiger partial charge >= 0.3 is 0 Å². The van der Waals surface area contributed by atoms with Gasteiger partial charge in [0.2, 0.25) is 0 Å². The maximum Gasteiger partial charge on any atom is 0.123 e. The number of ether oxygens (including phenoxy) is 1. The number of thioether (sulfide) groups is 1. The third-order valence-corrected chi connectivity index (χ3v) is 10.8. The molecule has 0 bridgehead atoms. The van der Waals surface area contributed by atoms with Crippen molar-refractivity contribution in [3.05, 3.63) is 130 Å². The van der Waals surface area contributed by atoms with E-state index in [9.17, 15) is 4.39 Å². The predicted molar refractivity (Wildman–Crippen MR) is 186 cm³/mol. The van der Waals surface area contributed by atoms with Gasteiger partial charge in [0.05, 0.1) is 6.61 Å². The fraction of sp³-hybridized carbons (Fsp3) is 0.415. The van der Waals surface area contributed by atoms with E-state index in [1.165, 1.54) is 60.3 Å². The Morgan fingerprint density at radius 2 is 1.18 bits per heavy atom. The van der Waals surface area contributed by atoms with E-state index in [0.717, 1.165) is 30.6 Å². The van der Waals surface area contributed by atoms with Crippen molar-refractivity contribution >= 4 is 11.8 Å². The van der Waals surface area contributed by atoms with Crippen molar-refractivity contribution in [2.75, 3.05) is 12.4 Å². The van der Waals surface area contributed by atoms with Crippen LogP contribution >= 0.6 is 11.8 Å². The first-order chi connectivity index (χ1) is 21.4. The summed E-state index contributed by atoms with van der Waals surface area (Å²) in [7, 11) is 0. The molecule has 232 valence electrons. The highest BCUT2D eigenvalue weighted by molar-refractivity contribution is 7.99. The maximum atomic E-state index is 12.9. The number of benzene rings is 4. The Labute approximate surface area is 269 Å². The molecule has 0 spiro atoms. The fourth-order valence-electron chi connectivity index (χ4n) is 6.82. The van der Waals surface area contributed by atoms with Crippen LogP contribution in [0, 0.1) is 5.82 Å². The van der Waals surface area contributed by atoms with Gasteiger partial charge in [-0.1, -0.05) is 94.4 Å². The summed E-state index contributed by atoms with van der Waals surface area (Å²) in [4.78, 5) is 1.26. The van der Waals surface area contributed by atoms with Crippen molar-refractivity contribution in [1.82, 2.24) is 0 Å². The van der Waals surface area contributed by atoms with Gasteiger partial charge in [0.25, 0.3) is 0 Å². The number of fused-ring (bicyclic) bond motifs is 4. The van der Waals surface area contributed by atoms with Crippen molar-refractivity contribution in [2.24, 2.45) is 0 Å². The summed E-state index contributed by atoms with van der Waals surface area (Å²) in [5.74, 6) is 4.92. The first kappa shape index (κ1) is 32.4. The molecule has 1 nitrogen and oxygen atoms in total. The smallest absolute Gasteiger partial charge is 0.123 e. The molecule has 0 amide bonds. The van der Waals surface area contributed by atoms with E-state index in [-0.39, 0.29) is 5.82 Å². The van der Waals surface area contributed by atoms with Gasteiger partial charge in [0.1, 0.15) is 11.6 Å². The summed E-state index contributed by atoms with van der Waals surface area (Å²) in [6.07, 6.45) is 8.99. The highest BCUT2D eigenvalue weighted by Gasteiger charge is 2.18. The van der Waals surface area contributed by atoms with Gasteiger partial charge < -0.3 is 4.74 Å². The zero-order valence-corrected chi connectivity index (χ0v) is 27.8. The Hall–Kier alpha value is -3.04. The van der Waals surface area contributed by atoms with E-state index in [1.807, 2.05) is 30.0 Å². The molecule has 8 rings (SSSR count). The minimum Gasteiger partial charge on any atom is -0.493 e. The molecular weight excluding hydrogens is 560 g/mol. The van der Waals surface area contributed by atoms with Gasteiger partial charge in [-0.2, -0.15) is 0 Å². The quantitative estimate of drug-likeness (QED) is 0.196. The van der Waals surface area contributed by atoms with Gasteiger partial charge in [0, 0.05) is 4.90 Å². The molecule has 4 aromatic rings. The zero-order valence-electron chi connectivity index (χ0n) is 27.0. The zero-order chi connectivity index (χ0) is 30.9. The van der Waals surface area contributed by atoms with E-state index in [1.54, 1.807) is 34.4 Å². The molecule has 0 radical (unpaired) electrons. The summed E-state index contributed by atoms with van der Waals surface area (Å²) in [6.45, 7) is 9.93. The molecule has 2 aliphatic heterocycles. The van der Waals surface area contributed by atoms with Crippen molar-refractivity contribution < 1.29 is 9.13 Å². The molecule has 3 heteroatoms. The van der Waals surface area contributed by atoms with Crippen molar-refractivity contribution in [3.8, 4) is 5.75 Å². The van der Waals surface area contributed by atoms with Gasteiger partial charge in [-0.25, -0.2) is 4.39 Å². The summed E-state index contributed by atoms with van der Waals surface area (Å²) >= 11 is 1.83. The lowest BCUT2D eigenvalue weighted by Gasteiger charge is -2.22. The second kappa shape index (κ2) is 15.8. The molecule has 2 heterocycles. The summed E-state index contributed by atoms with van der Waals surface area (Å²) < 4.78 is 18.4. The molecule has 4 atom stereocenters. The summed E-state index contributed by atoms with van der Waals surface area (Å²) in [5.41, 5.74) is 8.84. The van der Waals surface area contributed by atoms with Crippen LogP contribution in [0.3, 0.4) is 0 Å². The summed E-state index contributed by atoms with van der Waals surface area (Å²) in [5, 5.41) is 0. The van der Waals surface area contributed by atoms with Crippen molar-refractivity contribution in [2.45, 2.75) is 101 Å². The highest BCUT2D eigenvalue weighted by Crippen LogP contribution is 2.37. The Morgan fingerprint density at radius 1 is 0.591 bits per heavy atom. The number of hydrogen-bond acceptors (Lipinski definition) is 2. The average molecular weight is 609 g/mol. The van der Waals surface area contributed by atoms with E-state index in [2.05, 4.69) is 88.4 Å². The number of rotatable bonds is 0. The van der Waals surface area contributed by atoms with Crippen LogP contribution in [0.25, 0.3) is 0 Å². The average Bonchev–Trinajstić information content (AvgIpc) is 3.44. The molecule has 0 saturated carbocycles. The Morgan fingerprint density at radius 3 is 1.86 bits per heavy atom. The van der Waals surface area contributed by atoms with E-state index in [4.69, 9.17) is 4.74 Å². The van der Waals surface area contributed by atoms with Crippen LogP contribution in [-0.4, -0.2) is 12.4 Å². The number of aryl methyl sites for hydroxylation is 2. The lowest BCUT2D eigenvalue weighted by Crippen LogP contribution is -2.11. The molecule has 4 aromatic carbocycles. The summed E-state index contributed by atoms with van der Waals surface area (Å²) in [6, 6.07) is 31.0. The monoisotopic (exact) mass is 608 g/mol. The van der Waals surface area contributed by atoms with Crippen LogP contribution in [0.1, 0.15) is 117 Å². The predicted octanol–water partition coefficient (Wildman–Crippen LogP) is 11.9. The Kier molecular flexibility index (Phi) is 11.6. The largest absolute Gasteiger partial charge is 0.493 e. The van der Waals surface area contributed by atoms with E-state index >= 15 is 0 Å². The van der Waals surface area contributed by atoms with Crippen LogP contribution < -0.4 is 4.74 Å². The van der Waals surface area contributed by atoms with Crippen molar-refractivity contribution in [3.63, 3.8) is 0 Å². The molecule has 4 unspecified atom stereocenters. The van der Waals surface area contributed by atoms with Crippen LogP contribution in [0.4, 0.5) is 4.39 Å². The van der Waals surface area contributed by atoms with Gasteiger partial charge in [-0.05, 0) is 132 Å². The molecular formula is C41H49FOS. The molecule has 0 saturated heterocycles. The maximum absolute atomic E-state index is 12.9. The number of para-hydroxylation sites is 1. The third-order valence-electron chi connectivity index (χ3n) is 9.67. The lowest BCUT2D eigenvalue weighted by molar-refractivity contribution is 0.272. The third kappa shape index (κ3) is 8.36. The van der Waals surface area contributed by atoms with E-state index < -0.39 is 0 Å². The molecule has 2 aliphatic carbocycles. The normalized spacial score (nSPS) is 22.4. The molecule has 0 N–H and O–H groups in total. The molecule has 0 aromatic heterocycles. The second-order valence-corrected chi connectivity index (χ2v) is 14.1. The van der Waals surface area contributed by atoms with Crippen molar-refractivity contribution in [1.29, 1.82) is 0 Å². The molecule has 44 heavy (non-hydrogen) atoms. The van der Waals surface area contributed by atoms with E-state index in [0.29, 0.717) is 11.8 Å². The molecule has 4 aliphatic rings. The van der Waals surface area contributed by atoms with Crippen LogP contribution in [0.2, 0.25) is 0 Å². The fourth-order valence-corrected chi connectivity index (χ4v) is 8.11. The minimum absolute atomic E-state index is 0.108. The second-order valence-electron chi connectivity index (χ2n) is 12.9.